The van der Waals surface area contributed by atoms with Crippen LogP contribution in [0.2, 0.25) is 0 Å². The van der Waals surface area contributed by atoms with Crippen LogP contribution >= 0.6 is 11.3 Å². The Morgan fingerprint density at radius 1 is 1.20 bits per heavy atom. The van der Waals surface area contributed by atoms with E-state index in [2.05, 4.69) is 0 Å². The highest BCUT2D eigenvalue weighted by molar-refractivity contribution is 7.11. The molecule has 2 rings (SSSR count). The van der Waals surface area contributed by atoms with Gasteiger partial charge in [-0.2, -0.15) is 0 Å². The summed E-state index contributed by atoms with van der Waals surface area (Å²) < 4.78 is 12.6. The quantitative estimate of drug-likeness (QED) is 0.725. The summed E-state index contributed by atoms with van der Waals surface area (Å²) in [7, 11) is 0. The smallest absolute Gasteiger partial charge is 0.160 e. The molecule has 0 aliphatic carbocycles. The molecule has 0 N–H and O–H groups in total. The normalized spacial score (nSPS) is 10.2. The first-order valence-electron chi connectivity index (χ1n) is 4.55. The molecule has 1 nitrogen and oxygen atoms in total. The lowest BCUT2D eigenvalue weighted by Gasteiger charge is -1.97. The van der Waals surface area contributed by atoms with Crippen LogP contribution in [0.25, 0.3) is 0 Å². The van der Waals surface area contributed by atoms with Gasteiger partial charge in [0.15, 0.2) is 6.29 Å². The third kappa shape index (κ3) is 2.50. The highest BCUT2D eigenvalue weighted by Gasteiger charge is 2.00. The van der Waals surface area contributed by atoms with E-state index in [1.54, 1.807) is 12.1 Å². The lowest BCUT2D eigenvalue weighted by Crippen LogP contribution is -1.85. The monoisotopic (exact) mass is 220 g/mol. The van der Waals surface area contributed by atoms with Gasteiger partial charge < -0.3 is 0 Å². The van der Waals surface area contributed by atoms with Crippen LogP contribution in [0.1, 0.15) is 20.8 Å². The van der Waals surface area contributed by atoms with Crippen molar-refractivity contribution in [3.63, 3.8) is 0 Å². The average Bonchev–Trinajstić information content (AvgIpc) is 2.69. The van der Waals surface area contributed by atoms with Crippen LogP contribution < -0.4 is 0 Å². The number of halogens is 1. The summed E-state index contributed by atoms with van der Waals surface area (Å²) in [4.78, 5) is 11.2. The molecule has 0 saturated carbocycles. The molecule has 0 fully saturated rings. The van der Waals surface area contributed by atoms with E-state index in [0.29, 0.717) is 0 Å². The molecule has 2 aromatic rings. The predicted molar refractivity (Wildman–Crippen MR) is 58.9 cm³/mol. The summed E-state index contributed by atoms with van der Waals surface area (Å²) >= 11 is 1.43. The van der Waals surface area contributed by atoms with Crippen LogP contribution in [0.5, 0.6) is 0 Å². The van der Waals surface area contributed by atoms with Crippen LogP contribution in [-0.4, -0.2) is 6.29 Å². The van der Waals surface area contributed by atoms with E-state index in [4.69, 9.17) is 0 Å². The Kier molecular flexibility index (Phi) is 2.92. The Morgan fingerprint density at radius 2 is 1.93 bits per heavy atom. The van der Waals surface area contributed by atoms with Crippen LogP contribution in [-0.2, 0) is 6.42 Å². The Labute approximate surface area is 91.2 Å². The van der Waals surface area contributed by atoms with E-state index in [1.807, 2.05) is 11.4 Å². The minimum absolute atomic E-state index is 0.224. The molecule has 0 spiro atoms. The van der Waals surface area contributed by atoms with Gasteiger partial charge in [0.1, 0.15) is 5.82 Å². The summed E-state index contributed by atoms with van der Waals surface area (Å²) in [6, 6.07) is 8.27. The molecule has 0 aliphatic rings. The van der Waals surface area contributed by atoms with Gasteiger partial charge >= 0.3 is 0 Å². The largest absolute Gasteiger partial charge is 0.297 e. The molecule has 0 unspecified atom stereocenters. The Hall–Kier alpha value is -1.48. The van der Waals surface area contributed by atoms with Gasteiger partial charge in [-0.05, 0) is 41.1 Å². The van der Waals surface area contributed by atoms with E-state index in [-0.39, 0.29) is 5.82 Å². The van der Waals surface area contributed by atoms with Gasteiger partial charge in [0.25, 0.3) is 0 Å². The van der Waals surface area contributed by atoms with E-state index in [9.17, 15) is 9.18 Å². The lowest BCUT2D eigenvalue weighted by atomic mass is 10.1. The third-order valence-corrected chi connectivity index (χ3v) is 3.02. The first-order chi connectivity index (χ1) is 7.28. The molecule has 0 aliphatic heterocycles. The molecule has 1 heterocycles. The number of benzene rings is 1. The van der Waals surface area contributed by atoms with E-state index < -0.39 is 0 Å². The average molecular weight is 220 g/mol. The first-order valence-corrected chi connectivity index (χ1v) is 5.43. The number of carbonyl (C=O) groups is 1. The van der Waals surface area contributed by atoms with Gasteiger partial charge in [0.2, 0.25) is 0 Å². The molecule has 0 saturated heterocycles. The van der Waals surface area contributed by atoms with Crippen LogP contribution in [0.15, 0.2) is 35.7 Å². The molecule has 3 heteroatoms. The molecule has 76 valence electrons. The van der Waals surface area contributed by atoms with Crippen molar-refractivity contribution in [1.82, 2.24) is 0 Å². The summed E-state index contributed by atoms with van der Waals surface area (Å²) in [6.07, 6.45) is 1.59. The molecule has 0 atom stereocenters. The van der Waals surface area contributed by atoms with Gasteiger partial charge in [-0.15, -0.1) is 11.3 Å². The third-order valence-electron chi connectivity index (χ3n) is 2.11. The number of hydrogen-bond donors (Lipinski definition) is 0. The Morgan fingerprint density at radius 3 is 2.53 bits per heavy atom. The summed E-state index contributed by atoms with van der Waals surface area (Å²) in [5.41, 5.74) is 2.14. The maximum Gasteiger partial charge on any atom is 0.160 e. The maximum absolute atomic E-state index is 12.6. The maximum atomic E-state index is 12.6. The second-order valence-electron chi connectivity index (χ2n) is 3.28. The van der Waals surface area contributed by atoms with Gasteiger partial charge in [-0.1, -0.05) is 12.1 Å². The molecule has 15 heavy (non-hydrogen) atoms. The van der Waals surface area contributed by atoms with Crippen molar-refractivity contribution in [1.29, 1.82) is 0 Å². The number of carbonyl (C=O) groups excluding carboxylic acids is 1. The van der Waals surface area contributed by atoms with Crippen LogP contribution in [0.4, 0.5) is 4.39 Å². The zero-order valence-corrected chi connectivity index (χ0v) is 8.76. The highest BCUT2D eigenvalue weighted by atomic mass is 32.1. The van der Waals surface area contributed by atoms with Crippen molar-refractivity contribution in [2.75, 3.05) is 0 Å². The number of thiophene rings is 1. The minimum atomic E-state index is -0.224. The highest BCUT2D eigenvalue weighted by Crippen LogP contribution is 2.16. The zero-order chi connectivity index (χ0) is 10.7. The van der Waals surface area contributed by atoms with Crippen molar-refractivity contribution in [2.45, 2.75) is 6.42 Å². The standard InChI is InChI=1S/C12H9FOS/c13-11-3-1-9(2-4-11)5-10-6-12(7-14)15-8-10/h1-4,6-8H,5H2. The van der Waals surface area contributed by atoms with Crippen LogP contribution in [0.3, 0.4) is 0 Å². The first kappa shape index (κ1) is 10.1. The fraction of sp³-hybridized carbons (Fsp3) is 0.0833. The van der Waals surface area contributed by atoms with Crippen LogP contribution in [0, 0.1) is 5.82 Å². The second-order valence-corrected chi connectivity index (χ2v) is 4.22. The van der Waals surface area contributed by atoms with E-state index >= 15 is 0 Å². The molecule has 0 bridgehead atoms. The minimum Gasteiger partial charge on any atom is -0.297 e. The van der Waals surface area contributed by atoms with Crippen molar-refractivity contribution in [3.8, 4) is 0 Å². The van der Waals surface area contributed by atoms with Gasteiger partial charge in [0.05, 0.1) is 4.88 Å². The Bertz CT molecular complexity index is 459. The molecule has 1 aromatic carbocycles. The lowest BCUT2D eigenvalue weighted by molar-refractivity contribution is 0.112. The molecule has 0 radical (unpaired) electrons. The number of rotatable bonds is 3. The molecule has 0 amide bonds. The molecular formula is C12H9FOS. The van der Waals surface area contributed by atoms with Crippen molar-refractivity contribution in [2.24, 2.45) is 0 Å². The topological polar surface area (TPSA) is 17.1 Å². The van der Waals surface area contributed by atoms with Gasteiger partial charge in [-0.3, -0.25) is 4.79 Å². The van der Waals surface area contributed by atoms with Crippen molar-refractivity contribution < 1.29 is 9.18 Å². The van der Waals surface area contributed by atoms with Crippen molar-refractivity contribution in [3.05, 3.63) is 57.5 Å². The van der Waals surface area contributed by atoms with Gasteiger partial charge in [-0.25, -0.2) is 4.39 Å². The number of aldehydes is 1. The fourth-order valence-electron chi connectivity index (χ4n) is 1.39. The molecule has 1 aromatic heterocycles. The summed E-state index contributed by atoms with van der Waals surface area (Å²) in [5, 5.41) is 1.95. The molecular weight excluding hydrogens is 211 g/mol. The predicted octanol–water partition coefficient (Wildman–Crippen LogP) is 3.29. The van der Waals surface area contributed by atoms with E-state index in [1.165, 1.54) is 23.5 Å². The van der Waals surface area contributed by atoms with E-state index in [0.717, 1.165) is 28.7 Å². The zero-order valence-electron chi connectivity index (χ0n) is 7.94. The fourth-order valence-corrected chi connectivity index (χ4v) is 2.10. The van der Waals surface area contributed by atoms with Crippen molar-refractivity contribution >= 4 is 17.6 Å². The summed E-state index contributed by atoms with van der Waals surface area (Å²) in [6.45, 7) is 0. The SMILES string of the molecule is O=Cc1cc(Cc2ccc(F)cc2)cs1. The summed E-state index contributed by atoms with van der Waals surface area (Å²) in [5.74, 6) is -0.224. The van der Waals surface area contributed by atoms with Gasteiger partial charge in [0, 0.05) is 0 Å². The second kappa shape index (κ2) is 4.36. The number of hydrogen-bond acceptors (Lipinski definition) is 2. The Balaban J connectivity index is 2.14.